The Morgan fingerprint density at radius 3 is 2.37 bits per heavy atom. The van der Waals surface area contributed by atoms with Gasteiger partial charge >= 0.3 is 0 Å². The predicted octanol–water partition coefficient (Wildman–Crippen LogP) is 5.35. The van der Waals surface area contributed by atoms with Crippen LogP contribution in [0.2, 0.25) is 0 Å². The molecule has 0 atom stereocenters. The monoisotopic (exact) mass is 255 g/mol. The van der Waals surface area contributed by atoms with Gasteiger partial charge in [-0.25, -0.2) is 0 Å². The summed E-state index contributed by atoms with van der Waals surface area (Å²) in [5, 5.41) is 6.14. The zero-order valence-electron chi connectivity index (χ0n) is 12.6. The lowest BCUT2D eigenvalue weighted by atomic mass is 9.86. The Labute approximate surface area is 117 Å². The minimum absolute atomic E-state index is 0.208. The van der Waals surface area contributed by atoms with Gasteiger partial charge in [-0.1, -0.05) is 58.4 Å². The molecular formula is C18H25N. The third kappa shape index (κ3) is 3.50. The molecule has 0 aromatic heterocycles. The third-order valence-corrected chi connectivity index (χ3v) is 3.57. The summed E-state index contributed by atoms with van der Waals surface area (Å²) in [4.78, 5) is 0. The van der Waals surface area contributed by atoms with Crippen molar-refractivity contribution in [2.45, 2.75) is 46.0 Å². The molecule has 0 aliphatic rings. The van der Waals surface area contributed by atoms with E-state index >= 15 is 0 Å². The lowest BCUT2D eigenvalue weighted by Gasteiger charge is -2.19. The van der Waals surface area contributed by atoms with Gasteiger partial charge in [0.25, 0.3) is 0 Å². The Balaban J connectivity index is 2.29. The molecule has 0 amide bonds. The Morgan fingerprint density at radius 1 is 0.947 bits per heavy atom. The van der Waals surface area contributed by atoms with Gasteiger partial charge in [0, 0.05) is 12.2 Å². The smallest absolute Gasteiger partial charge is 0.0346 e. The fourth-order valence-electron chi connectivity index (χ4n) is 2.23. The highest BCUT2D eigenvalue weighted by molar-refractivity contribution is 5.86. The quantitative estimate of drug-likeness (QED) is 0.726. The van der Waals surface area contributed by atoms with E-state index in [-0.39, 0.29) is 5.41 Å². The maximum atomic E-state index is 3.50. The Kier molecular flexibility index (Phi) is 4.14. The van der Waals surface area contributed by atoms with Crippen molar-refractivity contribution in [1.29, 1.82) is 0 Å². The van der Waals surface area contributed by atoms with Crippen LogP contribution in [0.1, 0.15) is 46.1 Å². The van der Waals surface area contributed by atoms with Gasteiger partial charge in [-0.3, -0.25) is 0 Å². The average molecular weight is 255 g/mol. The summed E-state index contributed by atoms with van der Waals surface area (Å²) >= 11 is 0. The third-order valence-electron chi connectivity index (χ3n) is 3.57. The fraction of sp³-hybridized carbons (Fsp3) is 0.444. The Hall–Kier alpha value is -1.50. The van der Waals surface area contributed by atoms with E-state index in [1.165, 1.54) is 34.9 Å². The van der Waals surface area contributed by atoms with E-state index in [0.717, 1.165) is 6.54 Å². The molecule has 0 spiro atoms. The van der Waals surface area contributed by atoms with Crippen molar-refractivity contribution in [1.82, 2.24) is 0 Å². The molecule has 1 nitrogen and oxygen atoms in total. The first-order valence-corrected chi connectivity index (χ1v) is 7.29. The molecule has 2 aromatic carbocycles. The molecule has 102 valence electrons. The van der Waals surface area contributed by atoms with Gasteiger partial charge in [-0.05, 0) is 40.3 Å². The van der Waals surface area contributed by atoms with Crippen LogP contribution in [0.5, 0.6) is 0 Å². The van der Waals surface area contributed by atoms with Gasteiger partial charge in [0.1, 0.15) is 0 Å². The highest BCUT2D eigenvalue weighted by Crippen LogP contribution is 2.27. The largest absolute Gasteiger partial charge is 0.385 e. The lowest BCUT2D eigenvalue weighted by molar-refractivity contribution is 0.591. The van der Waals surface area contributed by atoms with Gasteiger partial charge in [-0.15, -0.1) is 0 Å². The van der Waals surface area contributed by atoms with Gasteiger partial charge in [-0.2, -0.15) is 0 Å². The molecule has 0 saturated carbocycles. The Morgan fingerprint density at radius 2 is 1.68 bits per heavy atom. The van der Waals surface area contributed by atoms with Crippen LogP contribution >= 0.6 is 0 Å². The predicted molar refractivity (Wildman–Crippen MR) is 86.0 cm³/mol. The molecule has 19 heavy (non-hydrogen) atoms. The molecule has 2 rings (SSSR count). The molecule has 0 aliphatic carbocycles. The van der Waals surface area contributed by atoms with Crippen LogP contribution in [0, 0.1) is 0 Å². The van der Waals surface area contributed by atoms with Crippen molar-refractivity contribution < 1.29 is 0 Å². The molecule has 0 bridgehead atoms. The number of hydrogen-bond donors (Lipinski definition) is 1. The number of rotatable bonds is 4. The van der Waals surface area contributed by atoms with Gasteiger partial charge in [0.05, 0.1) is 0 Å². The van der Waals surface area contributed by atoms with Crippen molar-refractivity contribution in [3.8, 4) is 0 Å². The number of anilines is 1. The number of nitrogens with one attached hydrogen (secondary N) is 1. The molecular weight excluding hydrogens is 230 g/mol. The maximum absolute atomic E-state index is 3.50. The standard InChI is InChI=1S/C18H25N/c1-5-6-11-19-17-10-8-14-7-9-16(18(2,3)4)12-15(14)13-17/h7-10,12-13,19H,5-6,11H2,1-4H3. The van der Waals surface area contributed by atoms with Crippen molar-refractivity contribution in [2.75, 3.05) is 11.9 Å². The summed E-state index contributed by atoms with van der Waals surface area (Å²) in [5.41, 5.74) is 2.83. The van der Waals surface area contributed by atoms with Gasteiger partial charge in [0.15, 0.2) is 0 Å². The molecule has 1 N–H and O–H groups in total. The van der Waals surface area contributed by atoms with Crippen LogP contribution in [-0.4, -0.2) is 6.54 Å². The second-order valence-electron chi connectivity index (χ2n) is 6.31. The van der Waals surface area contributed by atoms with Gasteiger partial charge in [0.2, 0.25) is 0 Å². The summed E-state index contributed by atoms with van der Waals surface area (Å²) in [6, 6.07) is 13.4. The topological polar surface area (TPSA) is 12.0 Å². The van der Waals surface area contributed by atoms with E-state index in [9.17, 15) is 0 Å². The van der Waals surface area contributed by atoms with Crippen molar-refractivity contribution >= 4 is 16.5 Å². The second kappa shape index (κ2) is 5.64. The van der Waals surface area contributed by atoms with E-state index in [1.54, 1.807) is 0 Å². The number of unbranched alkanes of at least 4 members (excludes halogenated alkanes) is 1. The number of fused-ring (bicyclic) bond motifs is 1. The lowest BCUT2D eigenvalue weighted by Crippen LogP contribution is -2.10. The maximum Gasteiger partial charge on any atom is 0.0346 e. The first kappa shape index (κ1) is 13.9. The molecule has 0 aliphatic heterocycles. The summed E-state index contributed by atoms with van der Waals surface area (Å²) in [6.45, 7) is 10.1. The zero-order chi connectivity index (χ0) is 13.9. The normalized spacial score (nSPS) is 11.8. The van der Waals surface area contributed by atoms with E-state index in [1.807, 2.05) is 0 Å². The fourth-order valence-corrected chi connectivity index (χ4v) is 2.23. The van der Waals surface area contributed by atoms with E-state index in [4.69, 9.17) is 0 Å². The molecule has 1 heteroatoms. The average Bonchev–Trinajstić information content (AvgIpc) is 2.37. The second-order valence-corrected chi connectivity index (χ2v) is 6.31. The minimum atomic E-state index is 0.208. The van der Waals surface area contributed by atoms with E-state index in [0.29, 0.717) is 0 Å². The van der Waals surface area contributed by atoms with Crippen molar-refractivity contribution in [2.24, 2.45) is 0 Å². The van der Waals surface area contributed by atoms with Crippen LogP contribution in [-0.2, 0) is 5.41 Å². The first-order valence-electron chi connectivity index (χ1n) is 7.29. The zero-order valence-corrected chi connectivity index (χ0v) is 12.6. The molecule has 0 saturated heterocycles. The molecule has 2 aromatic rings. The number of benzene rings is 2. The minimum Gasteiger partial charge on any atom is -0.385 e. The molecule has 0 radical (unpaired) electrons. The van der Waals surface area contributed by atoms with Crippen LogP contribution in [0.15, 0.2) is 36.4 Å². The molecule has 0 fully saturated rings. The van der Waals surface area contributed by atoms with Crippen LogP contribution in [0.25, 0.3) is 10.8 Å². The Bertz CT molecular complexity index is 549. The summed E-state index contributed by atoms with van der Waals surface area (Å²) in [7, 11) is 0. The highest BCUT2D eigenvalue weighted by Gasteiger charge is 2.13. The van der Waals surface area contributed by atoms with Crippen LogP contribution < -0.4 is 5.32 Å². The van der Waals surface area contributed by atoms with E-state index in [2.05, 4.69) is 69.4 Å². The van der Waals surface area contributed by atoms with Crippen molar-refractivity contribution in [3.05, 3.63) is 42.0 Å². The summed E-state index contributed by atoms with van der Waals surface area (Å²) in [5.74, 6) is 0. The first-order chi connectivity index (χ1) is 9.00. The van der Waals surface area contributed by atoms with Gasteiger partial charge < -0.3 is 5.32 Å². The van der Waals surface area contributed by atoms with Crippen LogP contribution in [0.4, 0.5) is 5.69 Å². The summed E-state index contributed by atoms with van der Waals surface area (Å²) < 4.78 is 0. The SMILES string of the molecule is CCCCNc1ccc2ccc(C(C)(C)C)cc2c1. The number of hydrogen-bond acceptors (Lipinski definition) is 1. The molecule has 0 heterocycles. The summed E-state index contributed by atoms with van der Waals surface area (Å²) in [6.07, 6.45) is 2.45. The van der Waals surface area contributed by atoms with Crippen LogP contribution in [0.3, 0.4) is 0 Å². The molecule has 0 unspecified atom stereocenters. The van der Waals surface area contributed by atoms with E-state index < -0.39 is 0 Å². The van der Waals surface area contributed by atoms with Crippen molar-refractivity contribution in [3.63, 3.8) is 0 Å². The highest BCUT2D eigenvalue weighted by atomic mass is 14.9.